The lowest BCUT2D eigenvalue weighted by molar-refractivity contribution is -0.146. The Morgan fingerprint density at radius 3 is 2.86 bits per heavy atom. The number of nitrogens with zero attached hydrogens (tertiary/aromatic N) is 4. The molecule has 1 aliphatic rings. The van der Waals surface area contributed by atoms with Crippen LogP contribution in [0.3, 0.4) is 0 Å². The molecular formula is C15H21N5O2. The lowest BCUT2D eigenvalue weighted by Crippen LogP contribution is -2.29. The zero-order chi connectivity index (χ0) is 15.9. The van der Waals surface area contributed by atoms with Crippen LogP contribution in [0.15, 0.2) is 23.3 Å². The average Bonchev–Trinajstić information content (AvgIpc) is 2.59. The molecule has 7 heteroatoms. The number of carbonyl (C=O) groups is 1. The van der Waals surface area contributed by atoms with E-state index in [0.717, 1.165) is 31.4 Å². The van der Waals surface area contributed by atoms with Gasteiger partial charge in [-0.25, -0.2) is 0 Å². The van der Waals surface area contributed by atoms with Gasteiger partial charge in [0.05, 0.1) is 25.3 Å². The molecule has 0 radical (unpaired) electrons. The zero-order valence-corrected chi connectivity index (χ0v) is 12.7. The van der Waals surface area contributed by atoms with Crippen molar-refractivity contribution in [2.45, 2.75) is 38.3 Å². The Labute approximate surface area is 129 Å². The highest BCUT2D eigenvalue weighted by molar-refractivity contribution is 5.72. The minimum Gasteiger partial charge on any atom is -0.469 e. The van der Waals surface area contributed by atoms with Gasteiger partial charge in [-0.05, 0) is 49.3 Å². The molecule has 22 heavy (non-hydrogen) atoms. The first-order valence-corrected chi connectivity index (χ1v) is 7.45. The van der Waals surface area contributed by atoms with Crippen molar-refractivity contribution < 1.29 is 9.53 Å². The maximum Gasteiger partial charge on any atom is 0.308 e. The molecule has 0 aliphatic heterocycles. The van der Waals surface area contributed by atoms with Gasteiger partial charge in [-0.1, -0.05) is 11.2 Å². The molecule has 118 valence electrons. The number of azide groups is 1. The van der Waals surface area contributed by atoms with E-state index >= 15 is 0 Å². The quantitative estimate of drug-likeness (QED) is 0.390. The third-order valence-electron chi connectivity index (χ3n) is 4.28. The van der Waals surface area contributed by atoms with Crippen LogP contribution >= 0.6 is 0 Å². The minimum absolute atomic E-state index is 0.00212. The van der Waals surface area contributed by atoms with Gasteiger partial charge in [0, 0.05) is 16.6 Å². The molecule has 0 aromatic carbocycles. The molecule has 2 N–H and O–H groups in total. The van der Waals surface area contributed by atoms with Gasteiger partial charge in [0.25, 0.3) is 0 Å². The summed E-state index contributed by atoms with van der Waals surface area (Å²) in [6, 6.07) is 5.44. The summed E-state index contributed by atoms with van der Waals surface area (Å²) >= 11 is 0. The van der Waals surface area contributed by atoms with Crippen LogP contribution in [0.1, 0.15) is 43.1 Å². The number of hydrogen-bond donors (Lipinski definition) is 1. The van der Waals surface area contributed by atoms with Gasteiger partial charge in [0.1, 0.15) is 0 Å². The number of carbonyl (C=O) groups excluding carboxylic acids is 1. The monoisotopic (exact) mass is 303 g/mol. The Kier molecular flexibility index (Phi) is 5.75. The van der Waals surface area contributed by atoms with Crippen molar-refractivity contribution in [2.75, 3.05) is 7.11 Å². The van der Waals surface area contributed by atoms with Crippen LogP contribution in [-0.2, 0) is 16.1 Å². The SMILES string of the molecule is COC(=O)[C@H]1CC[C@H]([C@@H](N)c2cccc(CN=[N+]=[N-])n2)CC1. The van der Waals surface area contributed by atoms with Crippen molar-refractivity contribution in [3.63, 3.8) is 0 Å². The molecule has 0 saturated heterocycles. The lowest BCUT2D eigenvalue weighted by Gasteiger charge is -2.30. The predicted octanol–water partition coefficient (Wildman–Crippen LogP) is 2.87. The first-order valence-electron chi connectivity index (χ1n) is 7.45. The number of pyridine rings is 1. The summed E-state index contributed by atoms with van der Waals surface area (Å²) in [4.78, 5) is 18.8. The molecule has 0 spiro atoms. The fraction of sp³-hybridized carbons (Fsp3) is 0.600. The van der Waals surface area contributed by atoms with Crippen molar-refractivity contribution in [1.82, 2.24) is 4.98 Å². The molecule has 2 rings (SSSR count). The van der Waals surface area contributed by atoms with Crippen molar-refractivity contribution >= 4 is 5.97 Å². The number of esters is 1. The molecule has 0 bridgehead atoms. The van der Waals surface area contributed by atoms with Crippen molar-refractivity contribution in [2.24, 2.45) is 22.7 Å². The summed E-state index contributed by atoms with van der Waals surface area (Å²) < 4.78 is 4.80. The van der Waals surface area contributed by atoms with Gasteiger partial charge in [-0.3, -0.25) is 9.78 Å². The van der Waals surface area contributed by atoms with E-state index in [1.807, 2.05) is 18.2 Å². The van der Waals surface area contributed by atoms with Crippen LogP contribution in [0.4, 0.5) is 0 Å². The highest BCUT2D eigenvalue weighted by atomic mass is 16.5. The summed E-state index contributed by atoms with van der Waals surface area (Å²) in [5, 5.41) is 3.52. The third kappa shape index (κ3) is 3.96. The van der Waals surface area contributed by atoms with E-state index in [4.69, 9.17) is 16.0 Å². The van der Waals surface area contributed by atoms with E-state index in [2.05, 4.69) is 15.0 Å². The van der Waals surface area contributed by atoms with E-state index in [-0.39, 0.29) is 24.5 Å². The second-order valence-corrected chi connectivity index (χ2v) is 5.60. The molecule has 1 heterocycles. The van der Waals surface area contributed by atoms with Crippen LogP contribution < -0.4 is 5.73 Å². The molecule has 1 aromatic heterocycles. The van der Waals surface area contributed by atoms with Gasteiger partial charge >= 0.3 is 5.97 Å². The van der Waals surface area contributed by atoms with Gasteiger partial charge in [-0.15, -0.1) is 0 Å². The normalized spacial score (nSPS) is 22.5. The Hall–Kier alpha value is -2.11. The maximum atomic E-state index is 11.6. The second-order valence-electron chi connectivity index (χ2n) is 5.60. The van der Waals surface area contributed by atoms with E-state index in [9.17, 15) is 4.79 Å². The molecule has 1 aliphatic carbocycles. The van der Waals surface area contributed by atoms with E-state index in [0.29, 0.717) is 11.6 Å². The van der Waals surface area contributed by atoms with Gasteiger partial charge in [0.2, 0.25) is 0 Å². The maximum absolute atomic E-state index is 11.6. The highest BCUT2D eigenvalue weighted by Crippen LogP contribution is 2.35. The van der Waals surface area contributed by atoms with Gasteiger partial charge < -0.3 is 10.5 Å². The average molecular weight is 303 g/mol. The summed E-state index contributed by atoms with van der Waals surface area (Å²) in [5.74, 6) is 0.183. The first-order chi connectivity index (χ1) is 10.7. The number of aromatic nitrogens is 1. The number of methoxy groups -OCH3 is 1. The van der Waals surface area contributed by atoms with Crippen LogP contribution in [0.2, 0.25) is 0 Å². The van der Waals surface area contributed by atoms with Crippen LogP contribution in [0.25, 0.3) is 10.4 Å². The van der Waals surface area contributed by atoms with Crippen molar-refractivity contribution in [1.29, 1.82) is 0 Å². The van der Waals surface area contributed by atoms with Crippen molar-refractivity contribution in [3.8, 4) is 0 Å². The Morgan fingerprint density at radius 2 is 2.23 bits per heavy atom. The summed E-state index contributed by atoms with van der Waals surface area (Å²) in [7, 11) is 1.43. The largest absolute Gasteiger partial charge is 0.469 e. The van der Waals surface area contributed by atoms with Crippen LogP contribution in [0.5, 0.6) is 0 Å². The number of nitrogens with two attached hydrogens (primary N) is 1. The third-order valence-corrected chi connectivity index (χ3v) is 4.28. The lowest BCUT2D eigenvalue weighted by atomic mass is 9.78. The topological polar surface area (TPSA) is 114 Å². The summed E-state index contributed by atoms with van der Waals surface area (Å²) in [6.07, 6.45) is 3.40. The molecule has 1 saturated carbocycles. The van der Waals surface area contributed by atoms with Crippen molar-refractivity contribution in [3.05, 3.63) is 40.0 Å². The Bertz CT molecular complexity index is 563. The molecule has 1 atom stereocenters. The fourth-order valence-corrected chi connectivity index (χ4v) is 3.00. The highest BCUT2D eigenvalue weighted by Gasteiger charge is 2.30. The van der Waals surface area contributed by atoms with Gasteiger partial charge in [0.15, 0.2) is 0 Å². The number of hydrogen-bond acceptors (Lipinski definition) is 5. The van der Waals surface area contributed by atoms with Crippen LogP contribution in [-0.4, -0.2) is 18.1 Å². The molecule has 1 aromatic rings. The molecular weight excluding hydrogens is 282 g/mol. The predicted molar refractivity (Wildman–Crippen MR) is 81.5 cm³/mol. The second kappa shape index (κ2) is 7.77. The summed E-state index contributed by atoms with van der Waals surface area (Å²) in [5.41, 5.74) is 16.2. The number of rotatable bonds is 5. The van der Waals surface area contributed by atoms with Gasteiger partial charge in [-0.2, -0.15) is 0 Å². The standard InChI is InChI=1S/C15H21N5O2/c1-22-15(21)11-7-5-10(6-8-11)14(16)13-4-2-3-12(19-13)9-18-20-17/h2-4,10-11,14H,5-9,16H2,1H3/t10-,11-,14-/m1/s1. The summed E-state index contributed by atoms with van der Waals surface area (Å²) in [6.45, 7) is 0.228. The zero-order valence-electron chi connectivity index (χ0n) is 12.7. The molecule has 7 nitrogen and oxygen atoms in total. The molecule has 0 amide bonds. The Morgan fingerprint density at radius 1 is 1.50 bits per heavy atom. The van der Waals surface area contributed by atoms with E-state index < -0.39 is 0 Å². The number of ether oxygens (including phenoxy) is 1. The molecule has 0 unspecified atom stereocenters. The Balaban J connectivity index is 1.99. The van der Waals surface area contributed by atoms with Crippen LogP contribution in [0, 0.1) is 11.8 Å². The minimum atomic E-state index is -0.162. The van der Waals surface area contributed by atoms with E-state index in [1.54, 1.807) is 0 Å². The van der Waals surface area contributed by atoms with E-state index in [1.165, 1.54) is 7.11 Å². The smallest absolute Gasteiger partial charge is 0.308 e. The first kappa shape index (κ1) is 16.3. The fourth-order valence-electron chi connectivity index (χ4n) is 3.00. The molecule has 1 fully saturated rings.